The van der Waals surface area contributed by atoms with E-state index in [-0.39, 0.29) is 0 Å². The average Bonchev–Trinajstić information content (AvgIpc) is 3.10. The van der Waals surface area contributed by atoms with Crippen molar-refractivity contribution in [2.45, 2.75) is 43.1 Å². The minimum Gasteiger partial charge on any atom is -0.394 e. The monoisotopic (exact) mass is 381 g/mol. The van der Waals surface area contributed by atoms with Gasteiger partial charge >= 0.3 is 0 Å². The van der Waals surface area contributed by atoms with E-state index in [4.69, 9.17) is 4.74 Å². The summed E-state index contributed by atoms with van der Waals surface area (Å²) in [7, 11) is 0. The van der Waals surface area contributed by atoms with Crippen LogP contribution in [0.25, 0.3) is 11.2 Å². The van der Waals surface area contributed by atoms with Crippen molar-refractivity contribution in [2.75, 3.05) is 18.5 Å². The van der Waals surface area contributed by atoms with Crippen LogP contribution >= 0.6 is 12.6 Å². The summed E-state index contributed by atoms with van der Waals surface area (Å²) < 4.78 is 7.10. The molecular formula is C16H23N5O4S. The molecule has 1 saturated heterocycles. The summed E-state index contributed by atoms with van der Waals surface area (Å²) in [4.78, 5) is 12.7. The zero-order valence-electron chi connectivity index (χ0n) is 14.6. The lowest BCUT2D eigenvalue weighted by Gasteiger charge is -2.36. The van der Waals surface area contributed by atoms with E-state index in [0.717, 1.165) is 12.0 Å². The van der Waals surface area contributed by atoms with E-state index < -0.39 is 29.5 Å². The van der Waals surface area contributed by atoms with Gasteiger partial charge in [0.2, 0.25) is 5.06 Å². The standard InChI is InChI=1S/C16H23N5O4S/c1-9(2)4-5-17-13-11-14(19-7-18-13)21(8-20-11)16(26)15(3,24)12(23)10(6-22)25-16/h7-8,10,12,22-24,26H,1,4-6H2,2-3H3,(H,17,18,19)/t10-,12-,15-,16+/m1/s1. The van der Waals surface area contributed by atoms with Crippen molar-refractivity contribution in [3.8, 4) is 0 Å². The highest BCUT2D eigenvalue weighted by atomic mass is 32.1. The first-order valence-electron chi connectivity index (χ1n) is 8.20. The molecule has 142 valence electrons. The smallest absolute Gasteiger partial charge is 0.225 e. The van der Waals surface area contributed by atoms with Crippen molar-refractivity contribution < 1.29 is 20.1 Å². The molecule has 26 heavy (non-hydrogen) atoms. The van der Waals surface area contributed by atoms with Crippen LogP contribution in [0.4, 0.5) is 5.82 Å². The summed E-state index contributed by atoms with van der Waals surface area (Å²) in [5, 5.41) is 32.0. The van der Waals surface area contributed by atoms with Crippen LogP contribution in [0.5, 0.6) is 0 Å². The van der Waals surface area contributed by atoms with E-state index in [0.29, 0.717) is 23.5 Å². The second kappa shape index (κ2) is 6.78. The van der Waals surface area contributed by atoms with Gasteiger partial charge < -0.3 is 25.4 Å². The normalized spacial score (nSPS) is 31.5. The molecule has 0 aromatic carbocycles. The van der Waals surface area contributed by atoms with Crippen molar-refractivity contribution in [3.63, 3.8) is 0 Å². The fourth-order valence-electron chi connectivity index (χ4n) is 2.97. The molecule has 3 heterocycles. The molecule has 4 atom stereocenters. The van der Waals surface area contributed by atoms with Crippen LogP contribution in [0.15, 0.2) is 24.8 Å². The molecule has 1 fully saturated rings. The van der Waals surface area contributed by atoms with E-state index in [1.54, 1.807) is 0 Å². The first kappa shape index (κ1) is 19.1. The van der Waals surface area contributed by atoms with Gasteiger partial charge in [0.15, 0.2) is 17.0 Å². The number of aromatic nitrogens is 4. The topological polar surface area (TPSA) is 126 Å². The molecule has 1 aliphatic heterocycles. The number of ether oxygens (including phenoxy) is 1. The summed E-state index contributed by atoms with van der Waals surface area (Å²) in [6.45, 7) is 7.37. The highest BCUT2D eigenvalue weighted by molar-refractivity contribution is 7.81. The molecule has 0 amide bonds. The van der Waals surface area contributed by atoms with Crippen LogP contribution in [-0.4, -0.2) is 65.8 Å². The van der Waals surface area contributed by atoms with Gasteiger partial charge in [-0.25, -0.2) is 15.0 Å². The summed E-state index contributed by atoms with van der Waals surface area (Å²) in [6, 6.07) is 0. The third kappa shape index (κ3) is 2.87. The van der Waals surface area contributed by atoms with Crippen molar-refractivity contribution in [2.24, 2.45) is 0 Å². The number of imidazole rings is 1. The molecular weight excluding hydrogens is 358 g/mol. The van der Waals surface area contributed by atoms with Gasteiger partial charge in [-0.2, -0.15) is 0 Å². The molecule has 10 heteroatoms. The predicted octanol–water partition coefficient (Wildman–Crippen LogP) is 0.247. The molecule has 3 rings (SSSR count). The number of fused-ring (bicyclic) bond motifs is 1. The Kier molecular flexibility index (Phi) is 4.97. The van der Waals surface area contributed by atoms with Crippen LogP contribution in [0.1, 0.15) is 20.3 Å². The largest absolute Gasteiger partial charge is 0.394 e. The maximum absolute atomic E-state index is 10.8. The number of hydrogen-bond donors (Lipinski definition) is 5. The first-order chi connectivity index (χ1) is 12.2. The van der Waals surface area contributed by atoms with Gasteiger partial charge in [-0.1, -0.05) is 5.57 Å². The van der Waals surface area contributed by atoms with Gasteiger partial charge in [-0.3, -0.25) is 4.57 Å². The predicted molar refractivity (Wildman–Crippen MR) is 98.8 cm³/mol. The van der Waals surface area contributed by atoms with Gasteiger partial charge in [0, 0.05) is 6.54 Å². The van der Waals surface area contributed by atoms with E-state index in [9.17, 15) is 15.3 Å². The Morgan fingerprint density at radius 3 is 2.81 bits per heavy atom. The number of aliphatic hydroxyl groups is 3. The SMILES string of the molecule is C=C(C)CCNc1ncnc2c1ncn2[C@]1(S)O[C@H](CO)[C@@H](O)[C@@]1(C)O. The van der Waals surface area contributed by atoms with E-state index >= 15 is 0 Å². The van der Waals surface area contributed by atoms with Gasteiger partial charge in [0.1, 0.15) is 30.5 Å². The lowest BCUT2D eigenvalue weighted by atomic mass is 9.96. The molecule has 1 aliphatic rings. The number of nitrogens with one attached hydrogen (secondary N) is 1. The Morgan fingerprint density at radius 2 is 2.19 bits per heavy atom. The van der Waals surface area contributed by atoms with Gasteiger partial charge in [0.05, 0.1) is 6.61 Å². The minimum absolute atomic E-state index is 0.374. The molecule has 0 aliphatic carbocycles. The van der Waals surface area contributed by atoms with Crippen LogP contribution in [0.3, 0.4) is 0 Å². The zero-order chi connectivity index (χ0) is 19.1. The number of hydrogen-bond acceptors (Lipinski definition) is 9. The summed E-state index contributed by atoms with van der Waals surface area (Å²) in [6.07, 6.45) is 1.24. The Bertz CT molecular complexity index is 826. The third-order valence-corrected chi connectivity index (χ3v) is 5.36. The van der Waals surface area contributed by atoms with Gasteiger partial charge in [0.25, 0.3) is 0 Å². The third-order valence-electron chi connectivity index (χ3n) is 4.59. The maximum Gasteiger partial charge on any atom is 0.225 e. The Morgan fingerprint density at radius 1 is 1.46 bits per heavy atom. The van der Waals surface area contributed by atoms with Crippen LogP contribution in [0, 0.1) is 0 Å². The fourth-order valence-corrected chi connectivity index (χ4v) is 3.38. The second-order valence-electron chi connectivity index (χ2n) is 6.68. The number of anilines is 1. The molecule has 2 aromatic rings. The molecule has 9 nitrogen and oxygen atoms in total. The second-order valence-corrected chi connectivity index (χ2v) is 7.29. The number of nitrogens with zero attached hydrogens (tertiary/aromatic N) is 4. The maximum atomic E-state index is 10.8. The molecule has 2 aromatic heterocycles. The van der Waals surface area contributed by atoms with Gasteiger partial charge in [-0.05, 0) is 20.3 Å². The number of thiol groups is 1. The fraction of sp³-hybridized carbons (Fsp3) is 0.562. The summed E-state index contributed by atoms with van der Waals surface area (Å²) in [5.41, 5.74) is 0.0975. The Labute approximate surface area is 156 Å². The highest BCUT2D eigenvalue weighted by Crippen LogP contribution is 2.47. The highest BCUT2D eigenvalue weighted by Gasteiger charge is 2.62. The van der Waals surface area contributed by atoms with Crippen molar-refractivity contribution in [1.29, 1.82) is 0 Å². The quantitative estimate of drug-likeness (QED) is 0.356. The van der Waals surface area contributed by atoms with Crippen LogP contribution in [0.2, 0.25) is 0 Å². The average molecular weight is 381 g/mol. The number of aliphatic hydroxyl groups excluding tert-OH is 2. The molecule has 0 spiro atoms. The van der Waals surface area contributed by atoms with Crippen molar-refractivity contribution >= 4 is 29.6 Å². The zero-order valence-corrected chi connectivity index (χ0v) is 15.5. The van der Waals surface area contributed by atoms with Crippen LogP contribution in [-0.2, 0) is 9.79 Å². The van der Waals surface area contributed by atoms with E-state index in [1.165, 1.54) is 24.1 Å². The van der Waals surface area contributed by atoms with E-state index in [2.05, 4.69) is 39.5 Å². The summed E-state index contributed by atoms with van der Waals surface area (Å²) in [5.74, 6) is 0.531. The molecule has 0 saturated carbocycles. The van der Waals surface area contributed by atoms with Crippen molar-refractivity contribution in [1.82, 2.24) is 19.5 Å². The van der Waals surface area contributed by atoms with Gasteiger partial charge in [-0.15, -0.1) is 19.2 Å². The molecule has 4 N–H and O–H groups in total. The van der Waals surface area contributed by atoms with Crippen molar-refractivity contribution in [3.05, 3.63) is 24.8 Å². The van der Waals surface area contributed by atoms with Crippen LogP contribution < -0.4 is 5.32 Å². The first-order valence-corrected chi connectivity index (χ1v) is 8.65. The molecule has 0 bridgehead atoms. The lowest BCUT2D eigenvalue weighted by molar-refractivity contribution is -0.120. The molecule has 0 unspecified atom stereocenters. The summed E-state index contributed by atoms with van der Waals surface area (Å²) >= 11 is 4.48. The minimum atomic E-state index is -1.80. The molecule has 0 radical (unpaired) electrons. The Balaban J connectivity index is 2.00. The number of rotatable bonds is 6. The lowest BCUT2D eigenvalue weighted by Crippen LogP contribution is -2.52. The Hall–Kier alpha value is -1.72. The van der Waals surface area contributed by atoms with E-state index in [1.807, 2.05) is 6.92 Å².